The van der Waals surface area contributed by atoms with Gasteiger partial charge in [-0.2, -0.15) is 0 Å². The lowest BCUT2D eigenvalue weighted by molar-refractivity contribution is 0.592. The average Bonchev–Trinajstić information content (AvgIpc) is 2.46. The molecule has 0 bridgehead atoms. The van der Waals surface area contributed by atoms with Crippen LogP contribution >= 0.6 is 11.6 Å². The van der Waals surface area contributed by atoms with Crippen molar-refractivity contribution in [1.29, 1.82) is 0 Å². The minimum absolute atomic E-state index is 0.184. The Morgan fingerprint density at radius 3 is 2.30 bits per heavy atom. The van der Waals surface area contributed by atoms with Crippen LogP contribution < -0.4 is 0 Å². The molecule has 0 aliphatic rings. The Balaban J connectivity index is 2.24. The fourth-order valence-electron chi connectivity index (χ4n) is 1.76. The highest BCUT2D eigenvalue weighted by atomic mass is 35.5. The summed E-state index contributed by atoms with van der Waals surface area (Å²) in [5.41, 5.74) is 1.47. The highest BCUT2D eigenvalue weighted by molar-refractivity contribution is 7.91. The Morgan fingerprint density at radius 1 is 1.05 bits per heavy atom. The number of sulfone groups is 1. The topological polar surface area (TPSA) is 59.9 Å². The molecule has 1 heterocycles. The number of hydrogen-bond donors (Lipinski definition) is 0. The first kappa shape index (κ1) is 14.9. The molecule has 2 rings (SSSR count). The number of benzene rings is 1. The molecule has 1 aromatic carbocycles. The van der Waals surface area contributed by atoms with Crippen LogP contribution in [-0.4, -0.2) is 24.4 Å². The van der Waals surface area contributed by atoms with E-state index in [4.69, 9.17) is 11.6 Å². The van der Waals surface area contributed by atoms with Gasteiger partial charge in [-0.3, -0.25) is 0 Å². The molecule has 0 aliphatic carbocycles. The van der Waals surface area contributed by atoms with E-state index in [1.165, 1.54) is 0 Å². The Labute approximate surface area is 123 Å². The van der Waals surface area contributed by atoms with E-state index < -0.39 is 9.84 Å². The SMILES string of the molecule is CCCCS(=O)(=O)c1ccc(-c2ccc(Cl)nn2)cc1. The first-order valence-corrected chi connectivity index (χ1v) is 8.38. The number of rotatable bonds is 5. The molecule has 0 atom stereocenters. The van der Waals surface area contributed by atoms with Crippen molar-refractivity contribution in [2.45, 2.75) is 24.7 Å². The van der Waals surface area contributed by atoms with Gasteiger partial charge >= 0.3 is 0 Å². The van der Waals surface area contributed by atoms with Gasteiger partial charge in [0.2, 0.25) is 0 Å². The van der Waals surface area contributed by atoms with Gasteiger partial charge in [0.1, 0.15) is 0 Å². The summed E-state index contributed by atoms with van der Waals surface area (Å²) in [5.74, 6) is 0.184. The molecule has 0 saturated heterocycles. The Bertz CT molecular complexity index is 667. The molecule has 0 unspecified atom stereocenters. The molecule has 1 aromatic heterocycles. The number of unbranched alkanes of at least 4 members (excludes halogenated alkanes) is 1. The van der Waals surface area contributed by atoms with Crippen molar-refractivity contribution in [3.63, 3.8) is 0 Å². The van der Waals surface area contributed by atoms with Crippen LogP contribution in [0.15, 0.2) is 41.3 Å². The van der Waals surface area contributed by atoms with Crippen LogP contribution in [0, 0.1) is 0 Å². The predicted molar refractivity (Wildman–Crippen MR) is 79.4 cm³/mol. The Morgan fingerprint density at radius 2 is 1.75 bits per heavy atom. The fraction of sp³-hybridized carbons (Fsp3) is 0.286. The van der Waals surface area contributed by atoms with Crippen molar-refractivity contribution in [2.75, 3.05) is 5.75 Å². The van der Waals surface area contributed by atoms with E-state index in [9.17, 15) is 8.42 Å². The minimum atomic E-state index is -3.19. The molecular formula is C14H15ClN2O2S. The molecule has 0 spiro atoms. The second-order valence-corrected chi connectivity index (χ2v) is 6.93. The predicted octanol–water partition coefficient (Wildman–Crippen LogP) is 3.37. The third-order valence-corrected chi connectivity index (χ3v) is 4.93. The van der Waals surface area contributed by atoms with Gasteiger partial charge in [-0.1, -0.05) is 37.1 Å². The number of aromatic nitrogens is 2. The van der Waals surface area contributed by atoms with Crippen molar-refractivity contribution < 1.29 is 8.42 Å². The molecule has 106 valence electrons. The zero-order valence-corrected chi connectivity index (χ0v) is 12.7. The molecule has 0 radical (unpaired) electrons. The zero-order chi connectivity index (χ0) is 14.6. The van der Waals surface area contributed by atoms with Crippen LogP contribution in [0.3, 0.4) is 0 Å². The van der Waals surface area contributed by atoms with Crippen molar-refractivity contribution >= 4 is 21.4 Å². The molecule has 6 heteroatoms. The smallest absolute Gasteiger partial charge is 0.178 e. The normalized spacial score (nSPS) is 11.5. The third-order valence-electron chi connectivity index (χ3n) is 2.91. The van der Waals surface area contributed by atoms with Gasteiger partial charge in [0.15, 0.2) is 15.0 Å². The van der Waals surface area contributed by atoms with E-state index in [0.717, 1.165) is 12.0 Å². The molecule has 20 heavy (non-hydrogen) atoms. The van der Waals surface area contributed by atoms with E-state index in [0.29, 0.717) is 22.2 Å². The van der Waals surface area contributed by atoms with E-state index in [1.807, 2.05) is 6.92 Å². The molecule has 0 N–H and O–H groups in total. The van der Waals surface area contributed by atoms with Gasteiger partial charge in [-0.05, 0) is 30.7 Å². The van der Waals surface area contributed by atoms with Crippen LogP contribution in [0.1, 0.15) is 19.8 Å². The van der Waals surface area contributed by atoms with E-state index in [1.54, 1.807) is 36.4 Å². The molecule has 0 aliphatic heterocycles. The van der Waals surface area contributed by atoms with Gasteiger partial charge in [-0.15, -0.1) is 10.2 Å². The molecular weight excluding hydrogens is 296 g/mol. The van der Waals surface area contributed by atoms with Crippen molar-refractivity contribution in [3.05, 3.63) is 41.6 Å². The first-order valence-electron chi connectivity index (χ1n) is 6.35. The van der Waals surface area contributed by atoms with E-state index in [2.05, 4.69) is 10.2 Å². The third kappa shape index (κ3) is 3.55. The Kier molecular flexibility index (Phi) is 4.73. The lowest BCUT2D eigenvalue weighted by atomic mass is 10.1. The fourth-order valence-corrected chi connectivity index (χ4v) is 3.31. The molecule has 0 saturated carbocycles. The van der Waals surface area contributed by atoms with Crippen LogP contribution in [-0.2, 0) is 9.84 Å². The summed E-state index contributed by atoms with van der Waals surface area (Å²) in [5, 5.41) is 8.05. The summed E-state index contributed by atoms with van der Waals surface area (Å²) >= 11 is 5.68. The summed E-state index contributed by atoms with van der Waals surface area (Å²) in [6.07, 6.45) is 1.53. The van der Waals surface area contributed by atoms with Crippen LogP contribution in [0.2, 0.25) is 5.15 Å². The van der Waals surface area contributed by atoms with Crippen LogP contribution in [0.5, 0.6) is 0 Å². The lowest BCUT2D eigenvalue weighted by Gasteiger charge is -2.05. The van der Waals surface area contributed by atoms with Crippen molar-refractivity contribution in [1.82, 2.24) is 10.2 Å². The minimum Gasteiger partial charge on any atom is -0.224 e. The maximum Gasteiger partial charge on any atom is 0.178 e. The highest BCUT2D eigenvalue weighted by Gasteiger charge is 2.13. The standard InChI is InChI=1S/C14H15ClN2O2S/c1-2-3-10-20(18,19)12-6-4-11(5-7-12)13-8-9-14(15)17-16-13/h4-9H,2-3,10H2,1H3. The average molecular weight is 311 g/mol. The summed E-state index contributed by atoms with van der Waals surface area (Å²) in [6.45, 7) is 1.97. The second kappa shape index (κ2) is 6.33. The number of halogens is 1. The quantitative estimate of drug-likeness (QED) is 0.849. The largest absolute Gasteiger partial charge is 0.224 e. The number of hydrogen-bond acceptors (Lipinski definition) is 4. The maximum atomic E-state index is 12.0. The van der Waals surface area contributed by atoms with Crippen LogP contribution in [0.25, 0.3) is 11.3 Å². The molecule has 4 nitrogen and oxygen atoms in total. The van der Waals surface area contributed by atoms with E-state index in [-0.39, 0.29) is 5.75 Å². The summed E-state index contributed by atoms with van der Waals surface area (Å²) in [4.78, 5) is 0.344. The van der Waals surface area contributed by atoms with Crippen molar-refractivity contribution in [3.8, 4) is 11.3 Å². The second-order valence-electron chi connectivity index (χ2n) is 4.44. The van der Waals surface area contributed by atoms with Gasteiger partial charge in [0, 0.05) is 5.56 Å². The van der Waals surface area contributed by atoms with Crippen molar-refractivity contribution in [2.24, 2.45) is 0 Å². The summed E-state index contributed by atoms with van der Waals surface area (Å²) < 4.78 is 24.1. The van der Waals surface area contributed by atoms with Gasteiger partial charge in [-0.25, -0.2) is 8.42 Å². The van der Waals surface area contributed by atoms with Crippen LogP contribution in [0.4, 0.5) is 0 Å². The summed E-state index contributed by atoms with van der Waals surface area (Å²) in [6, 6.07) is 10.1. The van der Waals surface area contributed by atoms with Gasteiger partial charge in [0.25, 0.3) is 0 Å². The zero-order valence-electron chi connectivity index (χ0n) is 11.1. The maximum absolute atomic E-state index is 12.0. The van der Waals surface area contributed by atoms with Gasteiger partial charge in [0.05, 0.1) is 16.3 Å². The molecule has 0 amide bonds. The lowest BCUT2D eigenvalue weighted by Crippen LogP contribution is -2.06. The first-order chi connectivity index (χ1) is 9.53. The molecule has 2 aromatic rings. The monoisotopic (exact) mass is 310 g/mol. The number of nitrogens with zero attached hydrogens (tertiary/aromatic N) is 2. The van der Waals surface area contributed by atoms with Gasteiger partial charge < -0.3 is 0 Å². The highest BCUT2D eigenvalue weighted by Crippen LogP contribution is 2.20. The summed E-state index contributed by atoms with van der Waals surface area (Å²) in [7, 11) is -3.19. The molecule has 0 fully saturated rings. The van der Waals surface area contributed by atoms with E-state index >= 15 is 0 Å². The Hall–Kier alpha value is -1.46.